The van der Waals surface area contributed by atoms with Crippen molar-refractivity contribution < 1.29 is 0 Å². The molecule has 1 atom stereocenters. The molecular weight excluding hydrogens is 232 g/mol. The van der Waals surface area contributed by atoms with Crippen LogP contribution < -0.4 is 5.32 Å². The molecule has 0 bridgehead atoms. The minimum atomic E-state index is 0.704. The Morgan fingerprint density at radius 3 is 2.68 bits per heavy atom. The largest absolute Gasteiger partial charge is 0.314 e. The van der Waals surface area contributed by atoms with E-state index in [9.17, 15) is 0 Å². The fourth-order valence-electron chi connectivity index (χ4n) is 3.44. The van der Waals surface area contributed by atoms with Gasteiger partial charge in [0.25, 0.3) is 0 Å². The summed E-state index contributed by atoms with van der Waals surface area (Å²) in [5, 5.41) is 3.65. The van der Waals surface area contributed by atoms with Crippen LogP contribution in [0.5, 0.6) is 0 Å². The molecule has 19 heavy (non-hydrogen) atoms. The summed E-state index contributed by atoms with van der Waals surface area (Å²) in [6.07, 6.45) is 8.05. The van der Waals surface area contributed by atoms with Gasteiger partial charge in [0.15, 0.2) is 0 Å². The number of piperidine rings is 1. The van der Waals surface area contributed by atoms with Crippen LogP contribution in [-0.4, -0.2) is 30.6 Å². The first-order chi connectivity index (χ1) is 9.40. The van der Waals surface area contributed by atoms with Crippen molar-refractivity contribution in [2.24, 2.45) is 0 Å². The Labute approximate surface area is 117 Å². The summed E-state index contributed by atoms with van der Waals surface area (Å²) in [4.78, 5) is 2.58. The summed E-state index contributed by atoms with van der Waals surface area (Å²) < 4.78 is 0. The predicted molar refractivity (Wildman–Crippen MR) is 80.3 cm³/mol. The molecule has 2 heteroatoms. The van der Waals surface area contributed by atoms with Gasteiger partial charge in [-0.1, -0.05) is 30.7 Å². The maximum absolute atomic E-state index is 3.65. The van der Waals surface area contributed by atoms with Crippen LogP contribution in [0, 0.1) is 0 Å². The first kappa shape index (κ1) is 13.1. The van der Waals surface area contributed by atoms with E-state index in [2.05, 4.69) is 34.5 Å². The van der Waals surface area contributed by atoms with E-state index in [1.807, 2.05) is 0 Å². The molecule has 2 aliphatic rings. The molecule has 0 aromatic heterocycles. The third-order valence-corrected chi connectivity index (χ3v) is 4.49. The van der Waals surface area contributed by atoms with Gasteiger partial charge >= 0.3 is 0 Å². The zero-order valence-electron chi connectivity index (χ0n) is 11.9. The van der Waals surface area contributed by atoms with Gasteiger partial charge < -0.3 is 5.32 Å². The summed E-state index contributed by atoms with van der Waals surface area (Å²) >= 11 is 0. The molecule has 2 heterocycles. The van der Waals surface area contributed by atoms with Gasteiger partial charge in [0.05, 0.1) is 0 Å². The Hall–Kier alpha value is -0.860. The van der Waals surface area contributed by atoms with Gasteiger partial charge in [-0.2, -0.15) is 0 Å². The lowest BCUT2D eigenvalue weighted by atomic mass is 9.97. The van der Waals surface area contributed by atoms with E-state index in [1.54, 1.807) is 0 Å². The van der Waals surface area contributed by atoms with Crippen molar-refractivity contribution in [3.8, 4) is 0 Å². The number of rotatable bonds is 4. The number of benzene rings is 1. The van der Waals surface area contributed by atoms with Gasteiger partial charge in [-0.15, -0.1) is 0 Å². The van der Waals surface area contributed by atoms with Crippen LogP contribution in [-0.2, 0) is 13.0 Å². The van der Waals surface area contributed by atoms with Crippen LogP contribution in [0.25, 0.3) is 0 Å². The molecule has 1 aromatic carbocycles. The molecule has 0 amide bonds. The summed E-state index contributed by atoms with van der Waals surface area (Å²) in [5.74, 6) is 0. The van der Waals surface area contributed by atoms with E-state index < -0.39 is 0 Å². The van der Waals surface area contributed by atoms with Gasteiger partial charge in [0, 0.05) is 12.6 Å². The third-order valence-electron chi connectivity index (χ3n) is 4.49. The predicted octanol–water partition coefficient (Wildman–Crippen LogP) is 2.97. The van der Waals surface area contributed by atoms with Crippen molar-refractivity contribution in [2.75, 3.05) is 19.6 Å². The zero-order valence-corrected chi connectivity index (χ0v) is 11.9. The van der Waals surface area contributed by atoms with Crippen molar-refractivity contribution in [2.45, 2.75) is 51.1 Å². The summed E-state index contributed by atoms with van der Waals surface area (Å²) in [5.41, 5.74) is 3.01. The number of hydrogen-bond donors (Lipinski definition) is 1. The van der Waals surface area contributed by atoms with Crippen molar-refractivity contribution in [1.29, 1.82) is 0 Å². The smallest absolute Gasteiger partial charge is 0.0233 e. The van der Waals surface area contributed by atoms with Crippen LogP contribution in [0.2, 0.25) is 0 Å². The van der Waals surface area contributed by atoms with E-state index in [4.69, 9.17) is 0 Å². The SMILES string of the molecule is c1cc(CC2CCCCN2)cc(CN2CCCC2)c1. The maximum Gasteiger partial charge on any atom is 0.0233 e. The average Bonchev–Trinajstić information content (AvgIpc) is 2.93. The zero-order chi connectivity index (χ0) is 12.9. The van der Waals surface area contributed by atoms with Gasteiger partial charge in [0.2, 0.25) is 0 Å². The lowest BCUT2D eigenvalue weighted by molar-refractivity contribution is 0.331. The third kappa shape index (κ3) is 3.80. The Bertz CT molecular complexity index is 390. The van der Waals surface area contributed by atoms with E-state index in [0.29, 0.717) is 6.04 Å². The molecular formula is C17H26N2. The Morgan fingerprint density at radius 1 is 1.05 bits per heavy atom. The van der Waals surface area contributed by atoms with Gasteiger partial charge in [-0.25, -0.2) is 0 Å². The van der Waals surface area contributed by atoms with Crippen molar-refractivity contribution in [3.05, 3.63) is 35.4 Å². The monoisotopic (exact) mass is 258 g/mol. The van der Waals surface area contributed by atoms with E-state index in [0.717, 1.165) is 6.54 Å². The molecule has 0 radical (unpaired) electrons. The van der Waals surface area contributed by atoms with E-state index in [-0.39, 0.29) is 0 Å². The molecule has 0 saturated carbocycles. The fourth-order valence-corrected chi connectivity index (χ4v) is 3.44. The summed E-state index contributed by atoms with van der Waals surface area (Å²) in [7, 11) is 0. The first-order valence-electron chi connectivity index (χ1n) is 7.94. The minimum Gasteiger partial charge on any atom is -0.314 e. The minimum absolute atomic E-state index is 0.704. The van der Waals surface area contributed by atoms with Crippen LogP contribution in [0.1, 0.15) is 43.2 Å². The second-order valence-electron chi connectivity index (χ2n) is 6.15. The van der Waals surface area contributed by atoms with Gasteiger partial charge in [-0.05, 0) is 62.9 Å². The Morgan fingerprint density at radius 2 is 1.89 bits per heavy atom. The Kier molecular flexibility index (Phi) is 4.52. The highest BCUT2D eigenvalue weighted by atomic mass is 15.1. The maximum atomic E-state index is 3.65. The van der Waals surface area contributed by atoms with Crippen molar-refractivity contribution in [1.82, 2.24) is 10.2 Å². The number of nitrogens with zero attached hydrogens (tertiary/aromatic N) is 1. The molecule has 2 saturated heterocycles. The van der Waals surface area contributed by atoms with Crippen LogP contribution in [0.15, 0.2) is 24.3 Å². The molecule has 1 unspecified atom stereocenters. The van der Waals surface area contributed by atoms with Crippen LogP contribution in [0.3, 0.4) is 0 Å². The molecule has 2 aliphatic heterocycles. The molecule has 0 spiro atoms. The second kappa shape index (κ2) is 6.53. The second-order valence-corrected chi connectivity index (χ2v) is 6.15. The molecule has 1 N–H and O–H groups in total. The lowest BCUT2D eigenvalue weighted by Crippen LogP contribution is -2.35. The molecule has 1 aromatic rings. The highest BCUT2D eigenvalue weighted by Gasteiger charge is 2.14. The quantitative estimate of drug-likeness (QED) is 0.893. The molecule has 2 nitrogen and oxygen atoms in total. The van der Waals surface area contributed by atoms with E-state index in [1.165, 1.54) is 69.3 Å². The topological polar surface area (TPSA) is 15.3 Å². The fraction of sp³-hybridized carbons (Fsp3) is 0.647. The highest BCUT2D eigenvalue weighted by Crippen LogP contribution is 2.16. The lowest BCUT2D eigenvalue weighted by Gasteiger charge is -2.23. The standard InChI is InChI=1S/C17H26N2/c1-2-9-18-17(8-1)13-15-6-5-7-16(12-15)14-19-10-3-4-11-19/h5-7,12,17-18H,1-4,8-11,13-14H2. The van der Waals surface area contributed by atoms with Crippen molar-refractivity contribution >= 4 is 0 Å². The van der Waals surface area contributed by atoms with Crippen LogP contribution >= 0.6 is 0 Å². The Balaban J connectivity index is 1.58. The number of nitrogens with one attached hydrogen (secondary N) is 1. The summed E-state index contributed by atoms with van der Waals surface area (Å²) in [6.45, 7) is 4.92. The number of hydrogen-bond acceptors (Lipinski definition) is 2. The average molecular weight is 258 g/mol. The molecule has 104 valence electrons. The normalized spacial score (nSPS) is 24.7. The van der Waals surface area contributed by atoms with Crippen LogP contribution in [0.4, 0.5) is 0 Å². The molecule has 3 rings (SSSR count). The van der Waals surface area contributed by atoms with Gasteiger partial charge in [-0.3, -0.25) is 4.90 Å². The first-order valence-corrected chi connectivity index (χ1v) is 7.94. The van der Waals surface area contributed by atoms with Crippen molar-refractivity contribution in [3.63, 3.8) is 0 Å². The summed E-state index contributed by atoms with van der Waals surface area (Å²) in [6, 6.07) is 9.95. The molecule has 2 fully saturated rings. The molecule has 0 aliphatic carbocycles. The highest BCUT2D eigenvalue weighted by molar-refractivity contribution is 5.24. The van der Waals surface area contributed by atoms with Gasteiger partial charge in [0.1, 0.15) is 0 Å². The van der Waals surface area contributed by atoms with E-state index >= 15 is 0 Å². The number of likely N-dealkylation sites (tertiary alicyclic amines) is 1.